The van der Waals surface area contributed by atoms with Crippen molar-refractivity contribution in [1.82, 2.24) is 0 Å². The first-order valence-corrected chi connectivity index (χ1v) is 5.18. The van der Waals surface area contributed by atoms with Gasteiger partial charge in [-0.3, -0.25) is 4.79 Å². The average molecular weight is 270 g/mol. The highest BCUT2D eigenvalue weighted by atomic mass is 19.1. The monoisotopic (exact) mass is 270 g/mol. The van der Waals surface area contributed by atoms with E-state index >= 15 is 0 Å². The van der Waals surface area contributed by atoms with Crippen LogP contribution in [0.1, 0.15) is 6.42 Å². The molecule has 19 heavy (non-hydrogen) atoms. The summed E-state index contributed by atoms with van der Waals surface area (Å²) in [5.41, 5.74) is -0.375. The molecular weight excluding hydrogens is 262 g/mol. The van der Waals surface area contributed by atoms with Crippen LogP contribution in [0.3, 0.4) is 0 Å². The number of halogens is 2. The minimum Gasteiger partial charge on any atom is -0.477 e. The lowest BCUT2D eigenvalue weighted by molar-refractivity contribution is -0.129. The zero-order valence-corrected chi connectivity index (χ0v) is 9.39. The summed E-state index contributed by atoms with van der Waals surface area (Å²) in [5, 5.41) is 14.1. The molecule has 0 aliphatic carbocycles. The number of carboxylic acids is 1. The number of hydrogen-bond donors (Lipinski definition) is 2. The minimum atomic E-state index is -1.29. The summed E-state index contributed by atoms with van der Waals surface area (Å²) in [6, 6.07) is 2.51. The second-order valence-corrected chi connectivity index (χ2v) is 3.79. The van der Waals surface area contributed by atoms with Crippen molar-refractivity contribution in [3.63, 3.8) is 0 Å². The third kappa shape index (κ3) is 3.03. The van der Waals surface area contributed by atoms with Crippen LogP contribution in [0.25, 0.3) is 0 Å². The lowest BCUT2D eigenvalue weighted by Gasteiger charge is -2.09. The van der Waals surface area contributed by atoms with Crippen molar-refractivity contribution in [3.05, 3.63) is 29.8 Å². The fourth-order valence-corrected chi connectivity index (χ4v) is 1.49. The van der Waals surface area contributed by atoms with Gasteiger partial charge in [0.15, 0.2) is 5.71 Å². The summed E-state index contributed by atoms with van der Waals surface area (Å²) in [4.78, 5) is 26.9. The number of carbonyl (C=O) groups excluding carboxylic acids is 1. The van der Waals surface area contributed by atoms with Gasteiger partial charge in [-0.05, 0) is 12.1 Å². The van der Waals surface area contributed by atoms with Gasteiger partial charge >= 0.3 is 5.97 Å². The van der Waals surface area contributed by atoms with E-state index in [0.717, 1.165) is 12.1 Å². The van der Waals surface area contributed by atoms with E-state index in [2.05, 4.69) is 15.3 Å². The molecule has 1 heterocycles. The summed E-state index contributed by atoms with van der Waals surface area (Å²) in [7, 11) is 0. The summed E-state index contributed by atoms with van der Waals surface area (Å²) in [6.45, 7) is 0. The molecule has 100 valence electrons. The number of carboxylic acid groups (broad SMARTS) is 1. The van der Waals surface area contributed by atoms with Gasteiger partial charge < -0.3 is 15.3 Å². The highest BCUT2D eigenvalue weighted by Crippen LogP contribution is 2.16. The number of amides is 1. The lowest BCUT2D eigenvalue weighted by Crippen LogP contribution is -2.29. The highest BCUT2D eigenvalue weighted by molar-refractivity contribution is 6.36. The van der Waals surface area contributed by atoms with E-state index in [0.29, 0.717) is 6.07 Å². The van der Waals surface area contributed by atoms with Crippen LogP contribution < -0.4 is 5.32 Å². The largest absolute Gasteiger partial charge is 0.477 e. The van der Waals surface area contributed by atoms with Crippen molar-refractivity contribution in [3.8, 4) is 0 Å². The van der Waals surface area contributed by atoms with Gasteiger partial charge in [-0.15, -0.1) is 0 Å². The zero-order chi connectivity index (χ0) is 14.0. The van der Waals surface area contributed by atoms with Crippen LogP contribution >= 0.6 is 0 Å². The van der Waals surface area contributed by atoms with E-state index < -0.39 is 29.6 Å². The Balaban J connectivity index is 2.01. The number of oxime groups is 1. The van der Waals surface area contributed by atoms with E-state index in [4.69, 9.17) is 5.11 Å². The van der Waals surface area contributed by atoms with Gasteiger partial charge in [0.25, 0.3) is 5.91 Å². The molecule has 0 saturated carbocycles. The van der Waals surface area contributed by atoms with Crippen LogP contribution in [0, 0.1) is 11.6 Å². The smallest absolute Gasteiger partial charge is 0.353 e. The molecule has 0 bridgehead atoms. The first kappa shape index (κ1) is 12.9. The SMILES string of the molecule is O=C(O)C1=NOC(C(=O)Nc2cc(F)cc(F)c2)C1. The predicted octanol–water partition coefficient (Wildman–Crippen LogP) is 1.13. The Kier molecular flexibility index (Phi) is 3.41. The molecule has 0 saturated heterocycles. The number of nitrogens with zero attached hydrogens (tertiary/aromatic N) is 1. The fraction of sp³-hybridized carbons (Fsp3) is 0.182. The van der Waals surface area contributed by atoms with Gasteiger partial charge in [-0.2, -0.15) is 0 Å². The molecule has 2 rings (SSSR count). The normalized spacial score (nSPS) is 17.6. The van der Waals surface area contributed by atoms with Crippen LogP contribution in [0.4, 0.5) is 14.5 Å². The van der Waals surface area contributed by atoms with Crippen molar-refractivity contribution in [1.29, 1.82) is 0 Å². The number of aliphatic carboxylic acids is 1. The standard InChI is InChI=1S/C11H8F2N2O4/c12-5-1-6(13)3-7(2-5)14-10(16)9-4-8(11(17)18)15-19-9/h1-3,9H,4H2,(H,14,16)(H,17,18). The Morgan fingerprint density at radius 3 is 2.47 bits per heavy atom. The van der Waals surface area contributed by atoms with Gasteiger partial charge in [-0.25, -0.2) is 13.6 Å². The van der Waals surface area contributed by atoms with Crippen LogP contribution in [0.15, 0.2) is 23.4 Å². The molecule has 1 aromatic rings. The van der Waals surface area contributed by atoms with E-state index in [1.165, 1.54) is 0 Å². The third-order valence-corrected chi connectivity index (χ3v) is 2.34. The summed E-state index contributed by atoms with van der Waals surface area (Å²) < 4.78 is 25.8. The molecule has 0 radical (unpaired) electrons. The maximum atomic E-state index is 12.9. The van der Waals surface area contributed by atoms with Crippen molar-refractivity contribution in [2.45, 2.75) is 12.5 Å². The Labute approximate surface area is 105 Å². The maximum Gasteiger partial charge on any atom is 0.353 e. The second-order valence-electron chi connectivity index (χ2n) is 3.79. The van der Waals surface area contributed by atoms with Gasteiger partial charge in [0.05, 0.1) is 0 Å². The number of carbonyl (C=O) groups is 2. The number of nitrogens with one attached hydrogen (secondary N) is 1. The molecule has 1 aliphatic rings. The molecule has 6 nitrogen and oxygen atoms in total. The van der Waals surface area contributed by atoms with Crippen molar-refractivity contribution >= 4 is 23.3 Å². The van der Waals surface area contributed by atoms with Crippen LogP contribution in [0.2, 0.25) is 0 Å². The Hall–Kier alpha value is -2.51. The van der Waals surface area contributed by atoms with Gasteiger partial charge in [0.1, 0.15) is 11.6 Å². The first-order valence-electron chi connectivity index (χ1n) is 5.18. The van der Waals surface area contributed by atoms with Gasteiger partial charge in [0.2, 0.25) is 6.10 Å². The van der Waals surface area contributed by atoms with Crippen molar-refractivity contribution < 1.29 is 28.3 Å². The van der Waals surface area contributed by atoms with Crippen molar-refractivity contribution in [2.24, 2.45) is 5.16 Å². The van der Waals surface area contributed by atoms with Crippen LogP contribution in [-0.2, 0) is 14.4 Å². The van der Waals surface area contributed by atoms with Crippen molar-refractivity contribution in [2.75, 3.05) is 5.32 Å². The van der Waals surface area contributed by atoms with E-state index in [1.54, 1.807) is 0 Å². The number of benzene rings is 1. The van der Waals surface area contributed by atoms with E-state index in [-0.39, 0.29) is 17.8 Å². The first-order chi connectivity index (χ1) is 8.95. The maximum absolute atomic E-state index is 12.9. The summed E-state index contributed by atoms with van der Waals surface area (Å²) in [5.74, 6) is -3.70. The molecule has 1 amide bonds. The molecule has 1 unspecified atom stereocenters. The quantitative estimate of drug-likeness (QED) is 0.861. The number of rotatable bonds is 3. The summed E-state index contributed by atoms with van der Waals surface area (Å²) in [6.07, 6.45) is -1.34. The van der Waals surface area contributed by atoms with E-state index in [1.807, 2.05) is 0 Å². The molecule has 1 aromatic carbocycles. The molecule has 1 atom stereocenters. The van der Waals surface area contributed by atoms with E-state index in [9.17, 15) is 18.4 Å². The van der Waals surface area contributed by atoms with Crippen LogP contribution in [-0.4, -0.2) is 28.8 Å². The topological polar surface area (TPSA) is 88.0 Å². The highest BCUT2D eigenvalue weighted by Gasteiger charge is 2.31. The van der Waals surface area contributed by atoms with Gasteiger partial charge in [-0.1, -0.05) is 5.16 Å². The molecule has 0 aromatic heterocycles. The number of hydrogen-bond acceptors (Lipinski definition) is 4. The molecule has 8 heteroatoms. The molecule has 2 N–H and O–H groups in total. The lowest BCUT2D eigenvalue weighted by atomic mass is 10.1. The molecular formula is C11H8F2N2O4. The third-order valence-electron chi connectivity index (χ3n) is 2.34. The molecule has 0 fully saturated rings. The predicted molar refractivity (Wildman–Crippen MR) is 59.5 cm³/mol. The fourth-order valence-electron chi connectivity index (χ4n) is 1.49. The minimum absolute atomic E-state index is 0.0881. The number of anilines is 1. The second kappa shape index (κ2) is 5.01. The Morgan fingerprint density at radius 2 is 1.95 bits per heavy atom. The summed E-state index contributed by atoms with van der Waals surface area (Å²) >= 11 is 0. The zero-order valence-electron chi connectivity index (χ0n) is 9.39. The van der Waals surface area contributed by atoms with Crippen LogP contribution in [0.5, 0.6) is 0 Å². The Bertz CT molecular complexity index is 554. The van der Waals surface area contributed by atoms with Gasteiger partial charge in [0, 0.05) is 18.2 Å². The molecule has 1 aliphatic heterocycles. The average Bonchev–Trinajstić information content (AvgIpc) is 2.76. The Morgan fingerprint density at radius 1 is 1.32 bits per heavy atom. The molecule has 0 spiro atoms.